The maximum atomic E-state index is 13.2. The first-order valence-corrected chi connectivity index (χ1v) is 6.91. The molecule has 0 spiro atoms. The highest BCUT2D eigenvalue weighted by Gasteiger charge is 2.38. The van der Waals surface area contributed by atoms with Gasteiger partial charge in [-0.1, -0.05) is 36.4 Å². The number of halogens is 2. The molecule has 3 unspecified atom stereocenters. The molecule has 3 rings (SSSR count). The first-order valence-electron chi connectivity index (χ1n) is 6.91. The molecule has 1 aliphatic rings. The van der Waals surface area contributed by atoms with Crippen LogP contribution >= 0.6 is 0 Å². The van der Waals surface area contributed by atoms with E-state index in [4.69, 9.17) is 0 Å². The number of rotatable bonds is 4. The molecule has 2 aromatic rings. The average molecular weight is 273 g/mol. The summed E-state index contributed by atoms with van der Waals surface area (Å²) in [5.41, 5.74) is 2.12. The molecule has 3 heteroatoms. The lowest BCUT2D eigenvalue weighted by Gasteiger charge is -2.14. The van der Waals surface area contributed by atoms with Crippen LogP contribution in [0.1, 0.15) is 36.4 Å². The highest BCUT2D eigenvalue weighted by atomic mass is 19.2. The van der Waals surface area contributed by atoms with Crippen LogP contribution in [-0.2, 0) is 0 Å². The van der Waals surface area contributed by atoms with E-state index >= 15 is 0 Å². The maximum absolute atomic E-state index is 13.2. The Morgan fingerprint density at radius 1 is 1.05 bits per heavy atom. The molecule has 0 saturated heterocycles. The van der Waals surface area contributed by atoms with Gasteiger partial charge in [-0.2, -0.15) is 0 Å². The van der Waals surface area contributed by atoms with Crippen molar-refractivity contribution in [3.63, 3.8) is 0 Å². The van der Waals surface area contributed by atoms with Crippen LogP contribution in [0.5, 0.6) is 0 Å². The quantitative estimate of drug-likeness (QED) is 0.881. The molecule has 3 atom stereocenters. The van der Waals surface area contributed by atoms with Gasteiger partial charge in [0.2, 0.25) is 0 Å². The molecule has 1 N–H and O–H groups in total. The van der Waals surface area contributed by atoms with E-state index in [1.807, 2.05) is 25.1 Å². The lowest BCUT2D eigenvalue weighted by atomic mass is 10.1. The Hall–Kier alpha value is -1.74. The summed E-state index contributed by atoms with van der Waals surface area (Å²) in [5.74, 6) is -1.05. The Kier molecular flexibility index (Phi) is 3.53. The van der Waals surface area contributed by atoms with Gasteiger partial charge >= 0.3 is 0 Å². The van der Waals surface area contributed by atoms with Crippen molar-refractivity contribution in [3.8, 4) is 0 Å². The number of benzene rings is 2. The zero-order valence-electron chi connectivity index (χ0n) is 11.3. The predicted molar refractivity (Wildman–Crippen MR) is 75.5 cm³/mol. The third-order valence-electron chi connectivity index (χ3n) is 3.93. The Morgan fingerprint density at radius 3 is 2.50 bits per heavy atom. The summed E-state index contributed by atoms with van der Waals surface area (Å²) in [5, 5.41) is 3.48. The molecule has 1 nitrogen and oxygen atoms in total. The van der Waals surface area contributed by atoms with Gasteiger partial charge in [0.25, 0.3) is 0 Å². The Labute approximate surface area is 117 Å². The van der Waals surface area contributed by atoms with Gasteiger partial charge in [0.05, 0.1) is 0 Å². The molecular formula is C17H17F2N. The lowest BCUT2D eigenvalue weighted by Crippen LogP contribution is -2.22. The Bertz CT molecular complexity index is 597. The number of hydrogen-bond acceptors (Lipinski definition) is 1. The standard InChI is InChI=1S/C17H17F2N/c1-11(13-7-8-15(18)16(19)9-13)20-17-10-14(17)12-5-3-2-4-6-12/h2-9,11,14,17,20H,10H2,1H3. The van der Waals surface area contributed by atoms with Crippen molar-refractivity contribution in [2.75, 3.05) is 0 Å². The van der Waals surface area contributed by atoms with Gasteiger partial charge in [0.1, 0.15) is 0 Å². The third kappa shape index (κ3) is 2.73. The second-order valence-corrected chi connectivity index (χ2v) is 5.42. The normalized spacial score (nSPS) is 22.6. The Morgan fingerprint density at radius 2 is 1.80 bits per heavy atom. The highest BCUT2D eigenvalue weighted by Crippen LogP contribution is 2.41. The van der Waals surface area contributed by atoms with Gasteiger partial charge in [0.15, 0.2) is 11.6 Å². The fraction of sp³-hybridized carbons (Fsp3) is 0.294. The summed E-state index contributed by atoms with van der Waals surface area (Å²) in [6.45, 7) is 1.98. The van der Waals surface area contributed by atoms with Gasteiger partial charge in [-0.05, 0) is 36.6 Å². The van der Waals surface area contributed by atoms with E-state index < -0.39 is 11.6 Å². The van der Waals surface area contributed by atoms with E-state index in [-0.39, 0.29) is 6.04 Å². The minimum absolute atomic E-state index is 0.0174. The summed E-state index contributed by atoms with van der Waals surface area (Å²) in [4.78, 5) is 0. The fourth-order valence-electron chi connectivity index (χ4n) is 2.65. The minimum Gasteiger partial charge on any atom is -0.307 e. The lowest BCUT2D eigenvalue weighted by molar-refractivity contribution is 0.499. The van der Waals surface area contributed by atoms with Crippen LogP contribution in [0.25, 0.3) is 0 Å². The van der Waals surface area contributed by atoms with Gasteiger partial charge < -0.3 is 5.32 Å². The molecular weight excluding hydrogens is 256 g/mol. The van der Waals surface area contributed by atoms with E-state index in [0.717, 1.165) is 12.0 Å². The third-order valence-corrected chi connectivity index (χ3v) is 3.93. The Balaban J connectivity index is 1.63. The smallest absolute Gasteiger partial charge is 0.159 e. The van der Waals surface area contributed by atoms with Crippen molar-refractivity contribution in [3.05, 3.63) is 71.3 Å². The van der Waals surface area contributed by atoms with E-state index in [1.165, 1.54) is 17.7 Å². The van der Waals surface area contributed by atoms with Crippen molar-refractivity contribution in [1.29, 1.82) is 0 Å². The molecule has 0 aromatic heterocycles. The van der Waals surface area contributed by atoms with E-state index in [9.17, 15) is 8.78 Å². The van der Waals surface area contributed by atoms with Gasteiger partial charge in [-0.15, -0.1) is 0 Å². The van der Waals surface area contributed by atoms with E-state index in [1.54, 1.807) is 6.07 Å². The predicted octanol–water partition coefficient (Wildman–Crippen LogP) is 4.17. The van der Waals surface area contributed by atoms with Crippen molar-refractivity contribution in [2.24, 2.45) is 0 Å². The summed E-state index contributed by atoms with van der Waals surface area (Å²) in [6, 6.07) is 14.9. The molecule has 1 saturated carbocycles. The fourth-order valence-corrected chi connectivity index (χ4v) is 2.65. The number of nitrogens with one attached hydrogen (secondary N) is 1. The van der Waals surface area contributed by atoms with Crippen LogP contribution in [0.3, 0.4) is 0 Å². The van der Waals surface area contributed by atoms with Crippen molar-refractivity contribution in [2.45, 2.75) is 31.3 Å². The molecule has 1 fully saturated rings. The molecule has 0 amide bonds. The van der Waals surface area contributed by atoms with Crippen molar-refractivity contribution < 1.29 is 8.78 Å². The van der Waals surface area contributed by atoms with E-state index in [0.29, 0.717) is 12.0 Å². The zero-order valence-corrected chi connectivity index (χ0v) is 11.3. The van der Waals surface area contributed by atoms with Crippen LogP contribution < -0.4 is 5.32 Å². The molecule has 104 valence electrons. The van der Waals surface area contributed by atoms with Gasteiger partial charge in [-0.3, -0.25) is 0 Å². The second-order valence-electron chi connectivity index (χ2n) is 5.42. The monoisotopic (exact) mass is 273 g/mol. The van der Waals surface area contributed by atoms with Gasteiger partial charge in [0, 0.05) is 18.0 Å². The van der Waals surface area contributed by atoms with Crippen molar-refractivity contribution >= 4 is 0 Å². The molecule has 20 heavy (non-hydrogen) atoms. The topological polar surface area (TPSA) is 12.0 Å². The first-order chi connectivity index (χ1) is 9.65. The van der Waals surface area contributed by atoms with Crippen LogP contribution in [-0.4, -0.2) is 6.04 Å². The summed E-state index contributed by atoms with van der Waals surface area (Å²) in [6.07, 6.45) is 1.10. The summed E-state index contributed by atoms with van der Waals surface area (Å²) in [7, 11) is 0. The molecule has 0 heterocycles. The summed E-state index contributed by atoms with van der Waals surface area (Å²) >= 11 is 0. The molecule has 1 aliphatic carbocycles. The highest BCUT2D eigenvalue weighted by molar-refractivity contribution is 5.29. The molecule has 2 aromatic carbocycles. The van der Waals surface area contributed by atoms with Gasteiger partial charge in [-0.25, -0.2) is 8.78 Å². The number of hydrogen-bond donors (Lipinski definition) is 1. The van der Waals surface area contributed by atoms with E-state index in [2.05, 4.69) is 17.4 Å². The molecule has 0 radical (unpaired) electrons. The van der Waals surface area contributed by atoms with Crippen LogP contribution in [0, 0.1) is 11.6 Å². The van der Waals surface area contributed by atoms with Crippen LogP contribution in [0.4, 0.5) is 8.78 Å². The summed E-state index contributed by atoms with van der Waals surface area (Å²) < 4.78 is 26.2. The first kappa shape index (κ1) is 13.3. The van der Waals surface area contributed by atoms with Crippen molar-refractivity contribution in [1.82, 2.24) is 5.32 Å². The zero-order chi connectivity index (χ0) is 14.1. The molecule has 0 bridgehead atoms. The minimum atomic E-state index is -0.797. The maximum Gasteiger partial charge on any atom is 0.159 e. The van der Waals surface area contributed by atoms with Crippen LogP contribution in [0.2, 0.25) is 0 Å². The largest absolute Gasteiger partial charge is 0.307 e. The SMILES string of the molecule is CC(NC1CC1c1ccccc1)c1ccc(F)c(F)c1. The molecule has 0 aliphatic heterocycles. The average Bonchev–Trinajstić information content (AvgIpc) is 3.22. The van der Waals surface area contributed by atoms with Crippen LogP contribution in [0.15, 0.2) is 48.5 Å². The second kappa shape index (κ2) is 5.33.